The van der Waals surface area contributed by atoms with Crippen LogP contribution in [-0.4, -0.2) is 33.9 Å². The average molecular weight is 428 g/mol. The van der Waals surface area contributed by atoms with Crippen LogP contribution in [0.2, 0.25) is 0 Å². The Morgan fingerprint density at radius 1 is 1.00 bits per heavy atom. The molecular formula is C25H24N4O3. The van der Waals surface area contributed by atoms with E-state index in [0.29, 0.717) is 5.69 Å². The summed E-state index contributed by atoms with van der Waals surface area (Å²) in [6, 6.07) is 16.6. The van der Waals surface area contributed by atoms with Gasteiger partial charge in [-0.25, -0.2) is 9.69 Å². The summed E-state index contributed by atoms with van der Waals surface area (Å²) in [5.41, 5.74) is 5.72. The molecular weight excluding hydrogens is 404 g/mol. The Kier molecular flexibility index (Phi) is 5.64. The number of amides is 4. The summed E-state index contributed by atoms with van der Waals surface area (Å²) < 4.78 is 1.95. The molecule has 7 nitrogen and oxygen atoms in total. The molecule has 0 aliphatic carbocycles. The van der Waals surface area contributed by atoms with Crippen LogP contribution in [0, 0.1) is 20.8 Å². The molecule has 0 bridgehead atoms. The minimum atomic E-state index is -0.620. The SMILES string of the molecule is Cc1cccc(NC(=O)CN2C(=O)NC(=Cc3cccn3-c3ccc(C)cc3C)C2=O)c1. The molecule has 1 fully saturated rings. The number of nitrogens with one attached hydrogen (secondary N) is 2. The highest BCUT2D eigenvalue weighted by Crippen LogP contribution is 2.21. The number of carbonyl (C=O) groups is 3. The van der Waals surface area contributed by atoms with E-state index in [1.807, 2.05) is 74.0 Å². The second-order valence-corrected chi connectivity index (χ2v) is 7.89. The Bertz CT molecular complexity index is 1260. The molecule has 1 aromatic heterocycles. The van der Waals surface area contributed by atoms with Crippen molar-refractivity contribution in [1.29, 1.82) is 0 Å². The molecule has 1 aliphatic heterocycles. The lowest BCUT2D eigenvalue weighted by Crippen LogP contribution is -2.38. The zero-order chi connectivity index (χ0) is 22.8. The van der Waals surface area contributed by atoms with Crippen molar-refractivity contribution in [3.05, 3.63) is 88.9 Å². The van der Waals surface area contributed by atoms with Crippen LogP contribution in [0.3, 0.4) is 0 Å². The van der Waals surface area contributed by atoms with Crippen LogP contribution >= 0.6 is 0 Å². The Balaban J connectivity index is 1.52. The largest absolute Gasteiger partial charge is 0.329 e. The van der Waals surface area contributed by atoms with Gasteiger partial charge in [-0.15, -0.1) is 0 Å². The van der Waals surface area contributed by atoms with E-state index >= 15 is 0 Å². The summed E-state index contributed by atoms with van der Waals surface area (Å²) in [5.74, 6) is -0.984. The van der Waals surface area contributed by atoms with Gasteiger partial charge in [0.2, 0.25) is 5.91 Å². The van der Waals surface area contributed by atoms with Crippen molar-refractivity contribution >= 4 is 29.6 Å². The van der Waals surface area contributed by atoms with E-state index in [9.17, 15) is 14.4 Å². The van der Waals surface area contributed by atoms with Crippen molar-refractivity contribution in [2.24, 2.45) is 0 Å². The summed E-state index contributed by atoms with van der Waals surface area (Å²) >= 11 is 0. The summed E-state index contributed by atoms with van der Waals surface area (Å²) in [7, 11) is 0. The number of aryl methyl sites for hydroxylation is 3. The van der Waals surface area contributed by atoms with Crippen LogP contribution in [0.1, 0.15) is 22.4 Å². The first kappa shape index (κ1) is 21.1. The first-order valence-electron chi connectivity index (χ1n) is 10.3. The number of hydrogen-bond donors (Lipinski definition) is 2. The Morgan fingerprint density at radius 2 is 1.78 bits per heavy atom. The molecule has 0 saturated carbocycles. The van der Waals surface area contributed by atoms with Crippen molar-refractivity contribution in [2.75, 3.05) is 11.9 Å². The van der Waals surface area contributed by atoms with Crippen molar-refractivity contribution in [2.45, 2.75) is 20.8 Å². The minimum absolute atomic E-state index is 0.128. The minimum Gasteiger partial charge on any atom is -0.325 e. The van der Waals surface area contributed by atoms with Gasteiger partial charge in [0.15, 0.2) is 0 Å². The molecule has 1 saturated heterocycles. The van der Waals surface area contributed by atoms with Crippen molar-refractivity contribution in [1.82, 2.24) is 14.8 Å². The fourth-order valence-electron chi connectivity index (χ4n) is 3.74. The zero-order valence-corrected chi connectivity index (χ0v) is 18.2. The van der Waals surface area contributed by atoms with Gasteiger partial charge >= 0.3 is 6.03 Å². The molecule has 2 aromatic carbocycles. The second kappa shape index (κ2) is 8.55. The fraction of sp³-hybridized carbons (Fsp3) is 0.160. The molecule has 4 amide bonds. The van der Waals surface area contributed by atoms with Crippen LogP contribution in [0.15, 0.2) is 66.5 Å². The van der Waals surface area contributed by atoms with Crippen LogP contribution in [-0.2, 0) is 9.59 Å². The van der Waals surface area contributed by atoms with E-state index in [0.717, 1.165) is 33.0 Å². The average Bonchev–Trinajstić information content (AvgIpc) is 3.28. The van der Waals surface area contributed by atoms with Gasteiger partial charge in [-0.1, -0.05) is 29.8 Å². The third-order valence-electron chi connectivity index (χ3n) is 5.25. The normalized spacial score (nSPS) is 14.7. The Labute approximate surface area is 186 Å². The molecule has 0 radical (unpaired) electrons. The molecule has 2 N–H and O–H groups in total. The number of nitrogens with zero attached hydrogens (tertiary/aromatic N) is 2. The number of rotatable bonds is 5. The van der Waals surface area contributed by atoms with Gasteiger partial charge in [-0.2, -0.15) is 0 Å². The molecule has 0 spiro atoms. The second-order valence-electron chi connectivity index (χ2n) is 7.89. The van der Waals surface area contributed by atoms with Crippen LogP contribution in [0.5, 0.6) is 0 Å². The number of aromatic nitrogens is 1. The first-order chi connectivity index (χ1) is 15.3. The maximum absolute atomic E-state index is 12.8. The van der Waals surface area contributed by atoms with E-state index in [2.05, 4.69) is 16.7 Å². The topological polar surface area (TPSA) is 83.4 Å². The number of carbonyl (C=O) groups excluding carboxylic acids is 3. The predicted molar refractivity (Wildman–Crippen MR) is 123 cm³/mol. The molecule has 32 heavy (non-hydrogen) atoms. The highest BCUT2D eigenvalue weighted by Gasteiger charge is 2.35. The van der Waals surface area contributed by atoms with E-state index < -0.39 is 17.8 Å². The van der Waals surface area contributed by atoms with Gasteiger partial charge in [0.1, 0.15) is 12.2 Å². The number of urea groups is 1. The smallest absolute Gasteiger partial charge is 0.325 e. The van der Waals surface area contributed by atoms with Crippen molar-refractivity contribution in [3.8, 4) is 5.69 Å². The Morgan fingerprint density at radius 3 is 2.53 bits per heavy atom. The third kappa shape index (κ3) is 4.32. The van der Waals surface area contributed by atoms with Crippen molar-refractivity contribution < 1.29 is 14.4 Å². The highest BCUT2D eigenvalue weighted by atomic mass is 16.2. The summed E-state index contributed by atoms with van der Waals surface area (Å²) in [6.07, 6.45) is 3.52. The monoisotopic (exact) mass is 428 g/mol. The van der Waals surface area contributed by atoms with Crippen LogP contribution < -0.4 is 10.6 Å². The van der Waals surface area contributed by atoms with Crippen LogP contribution in [0.25, 0.3) is 11.8 Å². The predicted octanol–water partition coefficient (Wildman–Crippen LogP) is 3.93. The van der Waals surface area contributed by atoms with E-state index in [4.69, 9.17) is 0 Å². The molecule has 1 aliphatic rings. The van der Waals surface area contributed by atoms with E-state index in [1.165, 1.54) is 0 Å². The van der Waals surface area contributed by atoms with E-state index in [-0.39, 0.29) is 12.2 Å². The van der Waals surface area contributed by atoms with Gasteiger partial charge in [-0.3, -0.25) is 9.59 Å². The first-order valence-corrected chi connectivity index (χ1v) is 10.3. The standard InChI is InChI=1S/C25H24N4O3/c1-16-6-4-7-19(13-16)26-23(30)15-29-24(31)21(27-25(29)32)14-20-8-5-11-28(20)22-10-9-17(2)12-18(22)3/h4-14H,15H2,1-3H3,(H,26,30)(H,27,32). The number of anilines is 1. The zero-order valence-electron chi connectivity index (χ0n) is 18.2. The molecule has 162 valence electrons. The maximum Gasteiger partial charge on any atom is 0.329 e. The highest BCUT2D eigenvalue weighted by molar-refractivity contribution is 6.15. The third-order valence-corrected chi connectivity index (χ3v) is 5.25. The Hall–Kier alpha value is -4.13. The number of benzene rings is 2. The lowest BCUT2D eigenvalue weighted by atomic mass is 10.1. The van der Waals surface area contributed by atoms with Gasteiger partial charge in [0.25, 0.3) is 5.91 Å². The van der Waals surface area contributed by atoms with Gasteiger partial charge in [0.05, 0.1) is 0 Å². The van der Waals surface area contributed by atoms with Gasteiger partial charge in [-0.05, 0) is 68.3 Å². The van der Waals surface area contributed by atoms with Gasteiger partial charge in [0, 0.05) is 23.3 Å². The van der Waals surface area contributed by atoms with Crippen LogP contribution in [0.4, 0.5) is 10.5 Å². The number of hydrogen-bond acceptors (Lipinski definition) is 3. The summed E-state index contributed by atoms with van der Waals surface area (Å²) in [5, 5.41) is 5.29. The molecule has 0 unspecified atom stereocenters. The molecule has 2 heterocycles. The fourth-order valence-corrected chi connectivity index (χ4v) is 3.74. The van der Waals surface area contributed by atoms with E-state index in [1.54, 1.807) is 12.1 Å². The molecule has 3 aromatic rings. The quantitative estimate of drug-likeness (QED) is 0.477. The lowest BCUT2D eigenvalue weighted by molar-refractivity contribution is -0.127. The van der Waals surface area contributed by atoms with Crippen molar-refractivity contribution in [3.63, 3.8) is 0 Å². The summed E-state index contributed by atoms with van der Waals surface area (Å²) in [6.45, 7) is 5.61. The molecule has 7 heteroatoms. The lowest BCUT2D eigenvalue weighted by Gasteiger charge is -2.12. The molecule has 0 atom stereocenters. The van der Waals surface area contributed by atoms with Gasteiger partial charge < -0.3 is 15.2 Å². The summed E-state index contributed by atoms with van der Waals surface area (Å²) in [4.78, 5) is 38.5. The maximum atomic E-state index is 12.8. The molecule has 4 rings (SSSR count). The number of imide groups is 1.